The van der Waals surface area contributed by atoms with Gasteiger partial charge in [-0.05, 0) is 13.0 Å². The van der Waals surface area contributed by atoms with E-state index in [0.29, 0.717) is 27.1 Å². The highest BCUT2D eigenvalue weighted by Gasteiger charge is 2.20. The standard InChI is InChI=1S/C14H16N4O4/c1-8(13(19)15-2)17-14(20)11-7-16-12-6-9(18(21)22-3)4-5-10(11)12/h4-8H,1-3H3,(H2-,15,16,17,19,20,21)/p+1. The SMILES string of the molecule is CNC(=O)C(C)NC(=O)c1c[nH]c2cc([N+](=O)OC)ccc12. The molecule has 0 aliphatic carbocycles. The Morgan fingerprint density at radius 1 is 1.36 bits per heavy atom. The number of fused-ring (bicyclic) bond motifs is 1. The normalized spacial score (nSPS) is 11.8. The third kappa shape index (κ3) is 2.90. The molecule has 22 heavy (non-hydrogen) atoms. The van der Waals surface area contributed by atoms with Crippen molar-refractivity contribution < 1.29 is 19.3 Å². The lowest BCUT2D eigenvalue weighted by atomic mass is 10.1. The van der Waals surface area contributed by atoms with Gasteiger partial charge in [0.05, 0.1) is 16.0 Å². The van der Waals surface area contributed by atoms with Crippen molar-refractivity contribution in [1.29, 1.82) is 0 Å². The molecule has 0 aliphatic heterocycles. The Bertz CT molecular complexity index is 738. The van der Waals surface area contributed by atoms with Crippen molar-refractivity contribution in [2.45, 2.75) is 13.0 Å². The van der Waals surface area contributed by atoms with Gasteiger partial charge in [0.15, 0.2) is 7.11 Å². The van der Waals surface area contributed by atoms with E-state index in [0.717, 1.165) is 0 Å². The van der Waals surface area contributed by atoms with E-state index in [4.69, 9.17) is 0 Å². The monoisotopic (exact) mass is 305 g/mol. The lowest BCUT2D eigenvalue weighted by molar-refractivity contribution is -0.736. The largest absolute Gasteiger partial charge is 0.360 e. The fourth-order valence-electron chi connectivity index (χ4n) is 2.08. The molecule has 3 N–H and O–H groups in total. The predicted octanol–water partition coefficient (Wildman–Crippen LogP) is 1.00. The summed E-state index contributed by atoms with van der Waals surface area (Å²) < 4.78 is 0. The van der Waals surface area contributed by atoms with Crippen LogP contribution in [0.1, 0.15) is 17.3 Å². The van der Waals surface area contributed by atoms with E-state index in [1.807, 2.05) is 0 Å². The number of hydrogen-bond acceptors (Lipinski definition) is 4. The zero-order valence-electron chi connectivity index (χ0n) is 12.5. The molecular weight excluding hydrogens is 288 g/mol. The minimum atomic E-state index is -0.646. The van der Waals surface area contributed by atoms with Crippen LogP contribution in [0.3, 0.4) is 0 Å². The van der Waals surface area contributed by atoms with Crippen LogP contribution in [0, 0.1) is 4.91 Å². The third-order valence-corrected chi connectivity index (χ3v) is 3.27. The van der Waals surface area contributed by atoms with E-state index in [1.165, 1.54) is 20.4 Å². The minimum Gasteiger partial charge on any atom is -0.360 e. The van der Waals surface area contributed by atoms with Crippen LogP contribution in [0.15, 0.2) is 24.4 Å². The van der Waals surface area contributed by atoms with Crippen molar-refractivity contribution in [3.05, 3.63) is 34.9 Å². The summed E-state index contributed by atoms with van der Waals surface area (Å²) in [4.78, 5) is 42.9. The maximum absolute atomic E-state index is 12.2. The predicted molar refractivity (Wildman–Crippen MR) is 79.6 cm³/mol. The van der Waals surface area contributed by atoms with E-state index in [2.05, 4.69) is 20.5 Å². The van der Waals surface area contributed by atoms with Crippen LogP contribution in [0.2, 0.25) is 0 Å². The molecule has 1 aromatic carbocycles. The number of H-pyrrole nitrogens is 1. The number of nitrogens with one attached hydrogen (secondary N) is 3. The van der Waals surface area contributed by atoms with Crippen molar-refractivity contribution in [2.24, 2.45) is 0 Å². The summed E-state index contributed by atoms with van der Waals surface area (Å²) in [6.45, 7) is 1.59. The van der Waals surface area contributed by atoms with Crippen molar-refractivity contribution in [3.63, 3.8) is 0 Å². The van der Waals surface area contributed by atoms with Crippen molar-refractivity contribution in [2.75, 3.05) is 14.2 Å². The Kier molecular flexibility index (Phi) is 4.40. The van der Waals surface area contributed by atoms with E-state index in [-0.39, 0.29) is 11.8 Å². The first-order valence-electron chi connectivity index (χ1n) is 6.63. The average molecular weight is 305 g/mol. The van der Waals surface area contributed by atoms with Crippen LogP contribution in [0.25, 0.3) is 10.9 Å². The van der Waals surface area contributed by atoms with Gasteiger partial charge in [-0.25, -0.2) is 4.84 Å². The molecule has 1 unspecified atom stereocenters. The first kappa shape index (κ1) is 15.5. The number of aromatic amines is 1. The summed E-state index contributed by atoms with van der Waals surface area (Å²) >= 11 is 0. The molecule has 0 fully saturated rings. The summed E-state index contributed by atoms with van der Waals surface area (Å²) in [6, 6.07) is 4.12. The van der Waals surface area contributed by atoms with Gasteiger partial charge in [0.1, 0.15) is 6.04 Å². The fraction of sp³-hybridized carbons (Fsp3) is 0.286. The number of benzene rings is 1. The summed E-state index contributed by atoms with van der Waals surface area (Å²) in [5.74, 6) is -0.654. The number of aromatic nitrogens is 1. The molecule has 0 saturated heterocycles. The van der Waals surface area contributed by atoms with Crippen LogP contribution in [0.4, 0.5) is 5.69 Å². The molecule has 8 nitrogen and oxygen atoms in total. The zero-order chi connectivity index (χ0) is 16.3. The van der Waals surface area contributed by atoms with E-state index >= 15 is 0 Å². The summed E-state index contributed by atoms with van der Waals surface area (Å²) in [7, 11) is 2.77. The second-order valence-electron chi connectivity index (χ2n) is 4.68. The van der Waals surface area contributed by atoms with Gasteiger partial charge in [0.2, 0.25) is 5.91 Å². The fourth-order valence-corrected chi connectivity index (χ4v) is 2.08. The number of rotatable bonds is 5. The van der Waals surface area contributed by atoms with Gasteiger partial charge in [-0.3, -0.25) is 9.59 Å². The summed E-state index contributed by atoms with van der Waals surface area (Å²) in [6.07, 6.45) is 1.53. The number of hydrogen-bond donors (Lipinski definition) is 3. The molecule has 0 aliphatic rings. The molecule has 116 valence electrons. The molecule has 1 atom stereocenters. The second kappa shape index (κ2) is 6.25. The van der Waals surface area contributed by atoms with Crippen LogP contribution in [-0.4, -0.2) is 41.9 Å². The lowest BCUT2D eigenvalue weighted by Crippen LogP contribution is -2.43. The van der Waals surface area contributed by atoms with Gasteiger partial charge < -0.3 is 15.6 Å². The number of carbonyl (C=O) groups is 2. The Morgan fingerprint density at radius 3 is 2.73 bits per heavy atom. The highest BCUT2D eigenvalue weighted by atomic mass is 16.8. The topological polar surface area (TPSA) is 103 Å². The molecule has 1 heterocycles. The Labute approximate surface area is 126 Å². The Morgan fingerprint density at radius 2 is 2.09 bits per heavy atom. The minimum absolute atomic E-state index is 0.280. The summed E-state index contributed by atoms with van der Waals surface area (Å²) in [5, 5.41) is 5.72. The first-order valence-corrected chi connectivity index (χ1v) is 6.63. The maximum atomic E-state index is 12.2. The molecule has 8 heteroatoms. The van der Waals surface area contributed by atoms with Gasteiger partial charge in [0, 0.05) is 30.8 Å². The number of likely N-dealkylation sites (N-methyl/N-ethyl adjacent to an activating group) is 1. The van der Waals surface area contributed by atoms with Gasteiger partial charge in [-0.1, -0.05) is 0 Å². The molecule has 2 amide bonds. The molecule has 2 aromatic rings. The number of carbonyl (C=O) groups excluding carboxylic acids is 2. The van der Waals surface area contributed by atoms with Gasteiger partial charge in [0.25, 0.3) is 10.8 Å². The van der Waals surface area contributed by atoms with E-state index < -0.39 is 6.04 Å². The average Bonchev–Trinajstić information content (AvgIpc) is 2.96. The molecular formula is C14H17N4O4+. The second-order valence-corrected chi connectivity index (χ2v) is 4.68. The Balaban J connectivity index is 2.27. The molecule has 2 rings (SSSR count). The molecule has 0 saturated carbocycles. The van der Waals surface area contributed by atoms with Crippen LogP contribution >= 0.6 is 0 Å². The molecule has 1 aromatic heterocycles. The highest BCUT2D eigenvalue weighted by molar-refractivity contribution is 6.08. The maximum Gasteiger partial charge on any atom is 0.318 e. The third-order valence-electron chi connectivity index (χ3n) is 3.27. The van der Waals surface area contributed by atoms with Gasteiger partial charge >= 0.3 is 5.69 Å². The highest BCUT2D eigenvalue weighted by Crippen LogP contribution is 2.23. The quantitative estimate of drug-likeness (QED) is 0.717. The summed E-state index contributed by atoms with van der Waals surface area (Å²) in [5.41, 5.74) is 1.32. The van der Waals surface area contributed by atoms with Crippen molar-refractivity contribution >= 4 is 28.4 Å². The smallest absolute Gasteiger partial charge is 0.318 e. The van der Waals surface area contributed by atoms with Gasteiger partial charge in [-0.15, -0.1) is 0 Å². The van der Waals surface area contributed by atoms with Crippen LogP contribution in [0.5, 0.6) is 0 Å². The van der Waals surface area contributed by atoms with Crippen molar-refractivity contribution in [1.82, 2.24) is 15.6 Å². The zero-order valence-corrected chi connectivity index (χ0v) is 12.5. The molecule has 0 radical (unpaired) electrons. The van der Waals surface area contributed by atoms with Crippen LogP contribution < -0.4 is 10.6 Å². The van der Waals surface area contributed by atoms with Crippen LogP contribution in [-0.2, 0) is 9.63 Å². The Hall–Kier alpha value is -2.90. The molecule has 0 bridgehead atoms. The number of nitrogens with zero attached hydrogens (tertiary/aromatic N) is 1. The van der Waals surface area contributed by atoms with Gasteiger partial charge in [-0.2, -0.15) is 0 Å². The van der Waals surface area contributed by atoms with Crippen molar-refractivity contribution in [3.8, 4) is 0 Å². The first-order chi connectivity index (χ1) is 10.5. The number of amides is 2. The molecule has 0 spiro atoms. The lowest BCUT2D eigenvalue weighted by Gasteiger charge is -2.11. The van der Waals surface area contributed by atoms with E-state index in [1.54, 1.807) is 25.1 Å². The van der Waals surface area contributed by atoms with E-state index in [9.17, 15) is 14.5 Å².